The number of nitrogens with zero attached hydrogens (tertiary/aromatic N) is 3. The van der Waals surface area contributed by atoms with E-state index in [0.29, 0.717) is 22.8 Å². The van der Waals surface area contributed by atoms with Crippen molar-refractivity contribution in [2.24, 2.45) is 0 Å². The molecule has 27 heavy (non-hydrogen) atoms. The summed E-state index contributed by atoms with van der Waals surface area (Å²) in [6.07, 6.45) is 6.97. The molecule has 0 saturated heterocycles. The van der Waals surface area contributed by atoms with Crippen LogP contribution < -0.4 is 11.1 Å². The molecule has 0 unspecified atom stereocenters. The first-order valence-corrected chi connectivity index (χ1v) is 8.47. The Balaban J connectivity index is 2.20. The Labute approximate surface area is 157 Å². The summed E-state index contributed by atoms with van der Waals surface area (Å²) in [5.74, 6) is -0.417. The maximum atomic E-state index is 12.9. The van der Waals surface area contributed by atoms with E-state index in [2.05, 4.69) is 20.3 Å². The molecule has 0 atom stereocenters. The Morgan fingerprint density at radius 1 is 1.33 bits per heavy atom. The van der Waals surface area contributed by atoms with Crippen LogP contribution in [0.3, 0.4) is 0 Å². The minimum atomic E-state index is -0.490. The van der Waals surface area contributed by atoms with Gasteiger partial charge < -0.3 is 15.8 Å². The lowest BCUT2D eigenvalue weighted by Crippen LogP contribution is -2.26. The van der Waals surface area contributed by atoms with Gasteiger partial charge in [-0.3, -0.25) is 9.78 Å². The van der Waals surface area contributed by atoms with Crippen molar-refractivity contribution in [2.75, 3.05) is 5.73 Å². The van der Waals surface area contributed by atoms with E-state index in [4.69, 9.17) is 10.5 Å². The minimum absolute atomic E-state index is 0.00811. The van der Waals surface area contributed by atoms with Crippen LogP contribution in [-0.2, 0) is 11.3 Å². The van der Waals surface area contributed by atoms with Crippen LogP contribution in [0.5, 0.6) is 0 Å². The molecule has 0 bridgehead atoms. The number of nitrogens with one attached hydrogen (secondary N) is 1. The van der Waals surface area contributed by atoms with Crippen molar-refractivity contribution >= 4 is 17.5 Å². The van der Waals surface area contributed by atoms with Crippen LogP contribution >= 0.6 is 0 Å². The van der Waals surface area contributed by atoms with Gasteiger partial charge in [0, 0.05) is 0 Å². The SMILES string of the molecule is C/C=C\O/C(=C/CC)c1nc(N)c(C(=O)NCc2ccc(F)cn2)nc1C. The Morgan fingerprint density at radius 3 is 2.74 bits per heavy atom. The van der Waals surface area contributed by atoms with Crippen LogP contribution in [0.1, 0.15) is 47.8 Å². The average molecular weight is 371 g/mol. The number of hydrogen-bond donors (Lipinski definition) is 2. The molecular formula is C19H22FN5O2. The highest BCUT2D eigenvalue weighted by atomic mass is 19.1. The number of allylic oxidation sites excluding steroid dienone is 2. The second-order valence-electron chi connectivity index (χ2n) is 5.61. The van der Waals surface area contributed by atoms with Crippen molar-refractivity contribution in [3.63, 3.8) is 0 Å². The quantitative estimate of drug-likeness (QED) is 0.725. The van der Waals surface area contributed by atoms with Gasteiger partial charge in [-0.25, -0.2) is 14.4 Å². The molecule has 7 nitrogen and oxygen atoms in total. The van der Waals surface area contributed by atoms with Gasteiger partial charge in [-0.2, -0.15) is 0 Å². The van der Waals surface area contributed by atoms with Crippen LogP contribution in [0.4, 0.5) is 10.2 Å². The maximum absolute atomic E-state index is 12.9. The molecule has 0 aliphatic rings. The number of amides is 1. The number of aromatic nitrogens is 3. The summed E-state index contributed by atoms with van der Waals surface area (Å²) in [6.45, 7) is 5.64. The Morgan fingerprint density at radius 2 is 2.11 bits per heavy atom. The van der Waals surface area contributed by atoms with E-state index in [9.17, 15) is 9.18 Å². The number of nitrogen functional groups attached to an aromatic ring is 1. The van der Waals surface area contributed by atoms with Gasteiger partial charge in [0.25, 0.3) is 5.91 Å². The third-order valence-corrected chi connectivity index (χ3v) is 3.48. The summed E-state index contributed by atoms with van der Waals surface area (Å²) in [6, 6.07) is 2.76. The van der Waals surface area contributed by atoms with Crippen molar-refractivity contribution in [2.45, 2.75) is 33.7 Å². The highest BCUT2D eigenvalue weighted by molar-refractivity contribution is 5.96. The normalized spacial score (nSPS) is 11.6. The van der Waals surface area contributed by atoms with E-state index in [1.807, 2.05) is 19.9 Å². The van der Waals surface area contributed by atoms with Gasteiger partial charge in [-0.15, -0.1) is 0 Å². The highest BCUT2D eigenvalue weighted by Crippen LogP contribution is 2.21. The molecule has 2 aromatic heterocycles. The standard InChI is InChI=1S/C19H22FN5O2/c1-4-6-15(27-9-5-2)16-12(3)24-17(18(21)25-16)19(26)23-11-14-8-7-13(20)10-22-14/h5-10H,4,11H2,1-3H3,(H2,21,25)(H,23,26)/b9-5-,15-6+. The van der Waals surface area contributed by atoms with Crippen molar-refractivity contribution in [1.29, 1.82) is 0 Å². The van der Waals surface area contributed by atoms with Gasteiger partial charge >= 0.3 is 0 Å². The van der Waals surface area contributed by atoms with Crippen molar-refractivity contribution < 1.29 is 13.9 Å². The number of hydrogen-bond acceptors (Lipinski definition) is 6. The monoisotopic (exact) mass is 371 g/mol. The molecule has 0 radical (unpaired) electrons. The maximum Gasteiger partial charge on any atom is 0.274 e. The minimum Gasteiger partial charge on any atom is -0.463 e. The predicted molar refractivity (Wildman–Crippen MR) is 101 cm³/mol. The first kappa shape index (κ1) is 20.0. The fraction of sp³-hybridized carbons (Fsp3) is 0.263. The first-order chi connectivity index (χ1) is 13.0. The van der Waals surface area contributed by atoms with Gasteiger partial charge in [0.15, 0.2) is 11.5 Å². The van der Waals surface area contributed by atoms with Crippen molar-refractivity contribution in [1.82, 2.24) is 20.3 Å². The Kier molecular flexibility index (Phi) is 6.99. The molecule has 142 valence electrons. The second-order valence-corrected chi connectivity index (χ2v) is 5.61. The van der Waals surface area contributed by atoms with Crippen LogP contribution in [-0.4, -0.2) is 20.9 Å². The Hall–Kier alpha value is -3.29. The molecule has 2 aromatic rings. The van der Waals surface area contributed by atoms with Crippen LogP contribution in [0.15, 0.2) is 36.7 Å². The van der Waals surface area contributed by atoms with Gasteiger partial charge in [0.05, 0.1) is 30.4 Å². The van der Waals surface area contributed by atoms with E-state index >= 15 is 0 Å². The average Bonchev–Trinajstić information content (AvgIpc) is 2.66. The fourth-order valence-corrected chi connectivity index (χ4v) is 2.23. The molecule has 8 heteroatoms. The predicted octanol–water partition coefficient (Wildman–Crippen LogP) is 3.13. The summed E-state index contributed by atoms with van der Waals surface area (Å²) >= 11 is 0. The number of aryl methyl sites for hydroxylation is 1. The lowest BCUT2D eigenvalue weighted by Gasteiger charge is -2.12. The van der Waals surface area contributed by atoms with Gasteiger partial charge in [-0.1, -0.05) is 13.0 Å². The molecular weight excluding hydrogens is 349 g/mol. The van der Waals surface area contributed by atoms with E-state index in [1.54, 1.807) is 13.0 Å². The van der Waals surface area contributed by atoms with Crippen LogP contribution in [0, 0.1) is 12.7 Å². The second kappa shape index (κ2) is 9.42. The van der Waals surface area contributed by atoms with E-state index in [-0.39, 0.29) is 18.1 Å². The summed E-state index contributed by atoms with van der Waals surface area (Å²) in [5.41, 5.74) is 7.46. The number of ether oxygens (including phenoxy) is 1. The zero-order valence-corrected chi connectivity index (χ0v) is 15.5. The van der Waals surface area contributed by atoms with Crippen molar-refractivity contribution in [3.05, 3.63) is 65.3 Å². The molecule has 0 aromatic carbocycles. The molecule has 0 saturated carbocycles. The van der Waals surface area contributed by atoms with E-state index in [1.165, 1.54) is 18.4 Å². The molecule has 0 aliphatic heterocycles. The number of pyridine rings is 1. The molecule has 2 heterocycles. The number of carbonyl (C=O) groups excluding carboxylic acids is 1. The highest BCUT2D eigenvalue weighted by Gasteiger charge is 2.18. The Bertz CT molecular complexity index is 863. The number of anilines is 1. The van der Waals surface area contributed by atoms with Gasteiger partial charge in [-0.05, 0) is 38.5 Å². The lowest BCUT2D eigenvalue weighted by molar-refractivity contribution is 0.0946. The number of carbonyl (C=O) groups is 1. The fourth-order valence-electron chi connectivity index (χ4n) is 2.23. The summed E-state index contributed by atoms with van der Waals surface area (Å²) in [7, 11) is 0. The molecule has 3 N–H and O–H groups in total. The zero-order valence-electron chi connectivity index (χ0n) is 15.5. The number of rotatable bonds is 7. The number of halogens is 1. The topological polar surface area (TPSA) is 103 Å². The molecule has 0 fully saturated rings. The third kappa shape index (κ3) is 5.34. The third-order valence-electron chi connectivity index (χ3n) is 3.48. The zero-order chi connectivity index (χ0) is 19.8. The molecule has 2 rings (SSSR count). The summed E-state index contributed by atoms with van der Waals surface area (Å²) in [5, 5.41) is 2.65. The first-order valence-electron chi connectivity index (χ1n) is 8.47. The van der Waals surface area contributed by atoms with Gasteiger partial charge in [0.1, 0.15) is 17.3 Å². The van der Waals surface area contributed by atoms with E-state index in [0.717, 1.165) is 12.6 Å². The van der Waals surface area contributed by atoms with Crippen molar-refractivity contribution in [3.8, 4) is 0 Å². The smallest absolute Gasteiger partial charge is 0.274 e. The summed E-state index contributed by atoms with van der Waals surface area (Å²) in [4.78, 5) is 24.8. The van der Waals surface area contributed by atoms with E-state index < -0.39 is 11.7 Å². The van der Waals surface area contributed by atoms with Crippen LogP contribution in [0.25, 0.3) is 5.76 Å². The van der Waals surface area contributed by atoms with Crippen LogP contribution in [0.2, 0.25) is 0 Å². The molecule has 0 spiro atoms. The lowest BCUT2D eigenvalue weighted by atomic mass is 10.2. The number of nitrogens with two attached hydrogens (primary N) is 1. The molecule has 0 aliphatic carbocycles. The van der Waals surface area contributed by atoms with Gasteiger partial charge in [0.2, 0.25) is 0 Å². The molecule has 1 amide bonds. The largest absolute Gasteiger partial charge is 0.463 e. The summed E-state index contributed by atoms with van der Waals surface area (Å²) < 4.78 is 18.4.